The smallest absolute Gasteiger partial charge is 0.269 e. The Morgan fingerprint density at radius 1 is 0.870 bits per heavy atom. The highest BCUT2D eigenvalue weighted by Crippen LogP contribution is 2.12. The molecule has 0 spiro atoms. The Kier molecular flexibility index (Phi) is 5.36. The van der Waals surface area contributed by atoms with Crippen LogP contribution in [-0.4, -0.2) is 18.4 Å². The van der Waals surface area contributed by atoms with Crippen LogP contribution in [0.15, 0.2) is 42.5 Å². The number of carbonyl (C=O) groups is 2. The van der Waals surface area contributed by atoms with Crippen LogP contribution < -0.4 is 15.6 Å². The second-order valence-electron chi connectivity index (χ2n) is 5.16. The first-order valence-electron chi connectivity index (χ1n) is 7.42. The van der Waals surface area contributed by atoms with Crippen LogP contribution in [0.5, 0.6) is 5.75 Å². The highest BCUT2D eigenvalue weighted by Gasteiger charge is 2.10. The lowest BCUT2D eigenvalue weighted by Crippen LogP contribution is -2.41. The first kappa shape index (κ1) is 16.5. The second kappa shape index (κ2) is 7.45. The third-order valence-electron chi connectivity index (χ3n) is 3.49. The molecule has 23 heavy (non-hydrogen) atoms. The Bertz CT molecular complexity index is 709. The van der Waals surface area contributed by atoms with E-state index in [2.05, 4.69) is 10.9 Å². The van der Waals surface area contributed by atoms with Gasteiger partial charge in [-0.25, -0.2) is 0 Å². The molecule has 0 aliphatic carbocycles. The number of ether oxygens (including phenoxy) is 1. The van der Waals surface area contributed by atoms with Gasteiger partial charge in [0.1, 0.15) is 5.75 Å². The number of benzene rings is 2. The minimum absolute atomic E-state index is 0.354. The van der Waals surface area contributed by atoms with Crippen molar-refractivity contribution in [2.24, 2.45) is 0 Å². The molecule has 2 N–H and O–H groups in total. The van der Waals surface area contributed by atoms with E-state index in [1.807, 2.05) is 26.8 Å². The molecule has 2 aromatic rings. The molecule has 0 aliphatic rings. The maximum Gasteiger partial charge on any atom is 0.269 e. The van der Waals surface area contributed by atoms with Crippen LogP contribution in [0.25, 0.3) is 0 Å². The van der Waals surface area contributed by atoms with Gasteiger partial charge in [0.15, 0.2) is 0 Å². The molecule has 5 nitrogen and oxygen atoms in total. The Balaban J connectivity index is 1.95. The van der Waals surface area contributed by atoms with E-state index in [1.54, 1.807) is 36.4 Å². The molecule has 2 aromatic carbocycles. The van der Waals surface area contributed by atoms with Crippen LogP contribution in [0.4, 0.5) is 0 Å². The van der Waals surface area contributed by atoms with Gasteiger partial charge in [0.2, 0.25) is 0 Å². The maximum absolute atomic E-state index is 12.0. The summed E-state index contributed by atoms with van der Waals surface area (Å²) in [6.45, 7) is 6.37. The van der Waals surface area contributed by atoms with E-state index in [0.29, 0.717) is 23.5 Å². The molecule has 0 aliphatic heterocycles. The zero-order chi connectivity index (χ0) is 16.8. The first-order chi connectivity index (χ1) is 11.0. The minimum Gasteiger partial charge on any atom is -0.494 e. The summed E-state index contributed by atoms with van der Waals surface area (Å²) in [5.41, 5.74) is 7.89. The van der Waals surface area contributed by atoms with Gasteiger partial charge < -0.3 is 4.74 Å². The van der Waals surface area contributed by atoms with Gasteiger partial charge in [-0.3, -0.25) is 20.4 Å². The Morgan fingerprint density at radius 2 is 1.43 bits per heavy atom. The van der Waals surface area contributed by atoms with E-state index < -0.39 is 0 Å². The second-order valence-corrected chi connectivity index (χ2v) is 5.16. The summed E-state index contributed by atoms with van der Waals surface area (Å²) in [5.74, 6) is -0.0409. The van der Waals surface area contributed by atoms with Crippen LogP contribution >= 0.6 is 0 Å². The quantitative estimate of drug-likeness (QED) is 0.853. The molecule has 0 heterocycles. The molecule has 0 saturated carbocycles. The average Bonchev–Trinajstić information content (AvgIpc) is 2.56. The summed E-state index contributed by atoms with van der Waals surface area (Å²) in [6.07, 6.45) is 0. The lowest BCUT2D eigenvalue weighted by atomic mass is 10.1. The summed E-state index contributed by atoms with van der Waals surface area (Å²) in [6, 6.07) is 12.1. The van der Waals surface area contributed by atoms with Crippen LogP contribution in [0.3, 0.4) is 0 Å². The highest BCUT2D eigenvalue weighted by atomic mass is 16.5. The van der Waals surface area contributed by atoms with Crippen molar-refractivity contribution in [2.45, 2.75) is 20.8 Å². The third kappa shape index (κ3) is 4.32. The fraction of sp³-hybridized carbons (Fsp3) is 0.222. The number of nitrogens with one attached hydrogen (secondary N) is 2. The summed E-state index contributed by atoms with van der Waals surface area (Å²) in [7, 11) is 0. The number of hydrogen-bond acceptors (Lipinski definition) is 3. The van der Waals surface area contributed by atoms with E-state index in [1.165, 1.54) is 0 Å². The Morgan fingerprint density at radius 3 is 2.00 bits per heavy atom. The first-order valence-corrected chi connectivity index (χ1v) is 7.42. The third-order valence-corrected chi connectivity index (χ3v) is 3.49. The van der Waals surface area contributed by atoms with Crippen molar-refractivity contribution < 1.29 is 14.3 Å². The van der Waals surface area contributed by atoms with Gasteiger partial charge >= 0.3 is 0 Å². The van der Waals surface area contributed by atoms with Crippen molar-refractivity contribution >= 4 is 11.8 Å². The minimum atomic E-state index is -0.384. The Hall–Kier alpha value is -2.82. The van der Waals surface area contributed by atoms with Crippen LogP contribution in [0.2, 0.25) is 0 Å². The van der Waals surface area contributed by atoms with Gasteiger partial charge in [0, 0.05) is 11.1 Å². The average molecular weight is 312 g/mol. The number of aryl methyl sites for hydroxylation is 2. The molecule has 2 rings (SSSR count). The van der Waals surface area contributed by atoms with E-state index in [4.69, 9.17) is 4.74 Å². The van der Waals surface area contributed by atoms with Crippen molar-refractivity contribution in [1.29, 1.82) is 0 Å². The van der Waals surface area contributed by atoms with Gasteiger partial charge in [-0.1, -0.05) is 6.07 Å². The zero-order valence-corrected chi connectivity index (χ0v) is 13.5. The normalized spacial score (nSPS) is 10.0. The number of hydrazine groups is 1. The molecule has 0 atom stereocenters. The summed E-state index contributed by atoms with van der Waals surface area (Å²) in [5, 5.41) is 0. The molecular formula is C18H20N2O3. The highest BCUT2D eigenvalue weighted by molar-refractivity contribution is 5.99. The number of amides is 2. The number of carbonyl (C=O) groups excluding carboxylic acids is 2. The van der Waals surface area contributed by atoms with E-state index in [0.717, 1.165) is 11.1 Å². The predicted molar refractivity (Wildman–Crippen MR) is 88.5 cm³/mol. The van der Waals surface area contributed by atoms with Gasteiger partial charge in [0.05, 0.1) is 6.61 Å². The molecule has 0 saturated heterocycles. The standard InChI is InChI=1S/C18H20N2O3/c1-4-23-16-9-7-14(8-10-16)17(21)19-20-18(22)15-6-5-12(2)13(3)11-15/h5-11H,4H2,1-3H3,(H,19,21)(H,20,22). The predicted octanol–water partition coefficient (Wildman–Crippen LogP) is 2.78. The molecule has 0 unspecified atom stereocenters. The van der Waals surface area contributed by atoms with Gasteiger partial charge in [0.25, 0.3) is 11.8 Å². The summed E-state index contributed by atoms with van der Waals surface area (Å²) in [4.78, 5) is 24.0. The van der Waals surface area contributed by atoms with Gasteiger partial charge in [-0.2, -0.15) is 0 Å². The molecule has 5 heteroatoms. The number of hydrogen-bond donors (Lipinski definition) is 2. The Labute approximate surface area is 135 Å². The zero-order valence-electron chi connectivity index (χ0n) is 13.5. The molecule has 0 aromatic heterocycles. The molecule has 120 valence electrons. The summed E-state index contributed by atoms with van der Waals surface area (Å²) >= 11 is 0. The molecular weight excluding hydrogens is 292 g/mol. The lowest BCUT2D eigenvalue weighted by molar-refractivity contribution is 0.0846. The lowest BCUT2D eigenvalue weighted by Gasteiger charge is -2.09. The van der Waals surface area contributed by atoms with E-state index in [-0.39, 0.29) is 11.8 Å². The van der Waals surface area contributed by atoms with Crippen molar-refractivity contribution in [3.05, 3.63) is 64.7 Å². The van der Waals surface area contributed by atoms with Gasteiger partial charge in [-0.15, -0.1) is 0 Å². The van der Waals surface area contributed by atoms with Crippen molar-refractivity contribution in [3.63, 3.8) is 0 Å². The fourth-order valence-corrected chi connectivity index (χ4v) is 2.01. The number of rotatable bonds is 4. The molecule has 0 bridgehead atoms. The fourth-order valence-electron chi connectivity index (χ4n) is 2.01. The maximum atomic E-state index is 12.0. The SMILES string of the molecule is CCOc1ccc(C(=O)NNC(=O)c2ccc(C)c(C)c2)cc1. The van der Waals surface area contributed by atoms with Crippen LogP contribution in [0.1, 0.15) is 38.8 Å². The molecule has 2 amide bonds. The van der Waals surface area contributed by atoms with Crippen LogP contribution in [0, 0.1) is 13.8 Å². The monoisotopic (exact) mass is 312 g/mol. The molecule has 0 fully saturated rings. The largest absolute Gasteiger partial charge is 0.494 e. The summed E-state index contributed by atoms with van der Waals surface area (Å²) < 4.78 is 5.32. The van der Waals surface area contributed by atoms with Crippen molar-refractivity contribution in [3.8, 4) is 5.75 Å². The topological polar surface area (TPSA) is 67.4 Å². The van der Waals surface area contributed by atoms with Gasteiger partial charge in [-0.05, 0) is 68.3 Å². The molecule has 0 radical (unpaired) electrons. The van der Waals surface area contributed by atoms with E-state index in [9.17, 15) is 9.59 Å². The van der Waals surface area contributed by atoms with Crippen LogP contribution in [-0.2, 0) is 0 Å². The van der Waals surface area contributed by atoms with Crippen molar-refractivity contribution in [1.82, 2.24) is 10.9 Å². The van der Waals surface area contributed by atoms with E-state index >= 15 is 0 Å². The van der Waals surface area contributed by atoms with Crippen molar-refractivity contribution in [2.75, 3.05) is 6.61 Å².